The lowest BCUT2D eigenvalue weighted by Crippen LogP contribution is -2.18. The molecule has 0 aliphatic carbocycles. The van der Waals surface area contributed by atoms with Crippen molar-refractivity contribution in [1.29, 1.82) is 0 Å². The van der Waals surface area contributed by atoms with Gasteiger partial charge in [-0.25, -0.2) is 10.5 Å². The van der Waals surface area contributed by atoms with Gasteiger partial charge in [-0.05, 0) is 31.2 Å². The van der Waals surface area contributed by atoms with Crippen LogP contribution in [0.15, 0.2) is 29.6 Å². The largest absolute Gasteiger partial charge is 0.332 e. The average molecular weight is 249 g/mol. The summed E-state index contributed by atoms with van der Waals surface area (Å²) >= 11 is 1.52. The Morgan fingerprint density at radius 2 is 2.06 bits per heavy atom. The predicted molar refractivity (Wildman–Crippen MR) is 65.8 cm³/mol. The van der Waals surface area contributed by atoms with Crippen LogP contribution >= 0.6 is 11.3 Å². The number of aromatic nitrogens is 1. The van der Waals surface area contributed by atoms with E-state index < -0.39 is 5.91 Å². The number of hydrogen-bond acceptors (Lipinski definition) is 5. The van der Waals surface area contributed by atoms with Crippen molar-refractivity contribution in [3.05, 3.63) is 40.9 Å². The van der Waals surface area contributed by atoms with Crippen LogP contribution in [0, 0.1) is 6.92 Å². The Labute approximate surface area is 102 Å². The molecule has 1 amide bonds. The second-order valence-corrected chi connectivity index (χ2v) is 4.30. The van der Waals surface area contributed by atoms with Crippen LogP contribution in [-0.2, 0) is 0 Å². The Kier molecular flexibility index (Phi) is 3.36. The molecule has 0 saturated heterocycles. The third-order valence-corrected chi connectivity index (χ3v) is 2.99. The molecule has 0 fully saturated rings. The van der Waals surface area contributed by atoms with E-state index in [2.05, 4.69) is 10.3 Å². The molecular formula is C11H11N3O2S. The highest BCUT2D eigenvalue weighted by molar-refractivity contribution is 7.13. The lowest BCUT2D eigenvalue weighted by atomic mass is 10.2. The van der Waals surface area contributed by atoms with Gasteiger partial charge >= 0.3 is 0 Å². The summed E-state index contributed by atoms with van der Waals surface area (Å²) in [5, 5.41) is 14.4. The second kappa shape index (κ2) is 4.94. The number of hydrogen-bond donors (Lipinski definition) is 3. The minimum absolute atomic E-state index is 0.397. The fraction of sp³-hybridized carbons (Fsp3) is 0.0909. The van der Waals surface area contributed by atoms with Gasteiger partial charge in [0.2, 0.25) is 0 Å². The van der Waals surface area contributed by atoms with Crippen LogP contribution in [0.5, 0.6) is 0 Å². The first-order valence-corrected chi connectivity index (χ1v) is 5.80. The minimum atomic E-state index is -0.526. The van der Waals surface area contributed by atoms with Crippen LogP contribution in [0.4, 0.5) is 10.8 Å². The predicted octanol–water partition coefficient (Wildman–Crippen LogP) is 2.31. The maximum Gasteiger partial charge on any atom is 0.274 e. The van der Waals surface area contributed by atoms with Gasteiger partial charge in [0.05, 0.1) is 5.69 Å². The quantitative estimate of drug-likeness (QED) is 0.576. The van der Waals surface area contributed by atoms with Crippen LogP contribution in [-0.4, -0.2) is 16.1 Å². The van der Waals surface area contributed by atoms with Crippen molar-refractivity contribution in [3.8, 4) is 0 Å². The third-order valence-electron chi connectivity index (χ3n) is 2.12. The first-order valence-electron chi connectivity index (χ1n) is 4.92. The molecule has 0 atom stereocenters. The number of carbonyl (C=O) groups excluding carboxylic acids is 1. The van der Waals surface area contributed by atoms with E-state index in [1.165, 1.54) is 11.3 Å². The Morgan fingerprint density at radius 3 is 2.59 bits per heavy atom. The molecule has 17 heavy (non-hydrogen) atoms. The highest BCUT2D eigenvalue weighted by Crippen LogP contribution is 2.20. The average Bonchev–Trinajstić information content (AvgIpc) is 2.75. The topological polar surface area (TPSA) is 74.2 Å². The fourth-order valence-corrected chi connectivity index (χ4v) is 2.01. The van der Waals surface area contributed by atoms with Gasteiger partial charge in [-0.3, -0.25) is 10.0 Å². The maximum atomic E-state index is 11.1. The summed E-state index contributed by atoms with van der Waals surface area (Å²) in [7, 11) is 0. The van der Waals surface area contributed by atoms with Crippen molar-refractivity contribution in [3.63, 3.8) is 0 Å². The maximum absolute atomic E-state index is 11.1. The zero-order valence-corrected chi connectivity index (χ0v) is 9.91. The third kappa shape index (κ3) is 2.80. The van der Waals surface area contributed by atoms with Gasteiger partial charge in [-0.1, -0.05) is 0 Å². The van der Waals surface area contributed by atoms with E-state index in [0.717, 1.165) is 16.5 Å². The molecule has 3 N–H and O–H groups in total. The standard InChI is InChI=1S/C11H11N3O2S/c1-7-6-17-11(12-7)13-9-4-2-8(3-5-9)10(15)14-16/h2-6,16H,1H3,(H,12,13)(H,14,15). The van der Waals surface area contributed by atoms with Crippen LogP contribution < -0.4 is 10.8 Å². The van der Waals surface area contributed by atoms with Gasteiger partial charge in [-0.2, -0.15) is 0 Å². The summed E-state index contributed by atoms with van der Waals surface area (Å²) in [6.07, 6.45) is 0. The van der Waals surface area contributed by atoms with Crippen molar-refractivity contribution in [1.82, 2.24) is 10.5 Å². The smallest absolute Gasteiger partial charge is 0.274 e. The van der Waals surface area contributed by atoms with E-state index in [1.807, 2.05) is 12.3 Å². The van der Waals surface area contributed by atoms with Crippen LogP contribution in [0.3, 0.4) is 0 Å². The lowest BCUT2D eigenvalue weighted by molar-refractivity contribution is 0.0706. The van der Waals surface area contributed by atoms with E-state index in [1.54, 1.807) is 29.7 Å². The Balaban J connectivity index is 2.10. The normalized spacial score (nSPS) is 10.0. The van der Waals surface area contributed by atoms with E-state index in [4.69, 9.17) is 5.21 Å². The molecular weight excluding hydrogens is 238 g/mol. The molecule has 0 bridgehead atoms. The highest BCUT2D eigenvalue weighted by Gasteiger charge is 2.04. The van der Waals surface area contributed by atoms with E-state index in [9.17, 15) is 4.79 Å². The number of thiazole rings is 1. The Bertz CT molecular complexity index is 522. The number of rotatable bonds is 3. The van der Waals surface area contributed by atoms with Gasteiger partial charge < -0.3 is 5.32 Å². The molecule has 0 saturated carbocycles. The summed E-state index contributed by atoms with van der Waals surface area (Å²) in [6, 6.07) is 6.74. The SMILES string of the molecule is Cc1csc(Nc2ccc(C(=O)NO)cc2)n1. The van der Waals surface area contributed by atoms with E-state index in [-0.39, 0.29) is 0 Å². The first kappa shape index (κ1) is 11.6. The van der Waals surface area contributed by atoms with Gasteiger partial charge in [0.25, 0.3) is 5.91 Å². The molecule has 1 aromatic heterocycles. The molecule has 0 aliphatic heterocycles. The van der Waals surface area contributed by atoms with Crippen molar-refractivity contribution >= 4 is 28.1 Å². The first-order chi connectivity index (χ1) is 8.19. The number of amides is 1. The minimum Gasteiger partial charge on any atom is -0.332 e. The van der Waals surface area contributed by atoms with Crippen molar-refractivity contribution in [2.45, 2.75) is 6.92 Å². The molecule has 5 nitrogen and oxygen atoms in total. The molecule has 0 aliphatic rings. The highest BCUT2D eigenvalue weighted by atomic mass is 32.1. The molecule has 2 aromatic rings. The van der Waals surface area contributed by atoms with Gasteiger partial charge in [0.15, 0.2) is 5.13 Å². The lowest BCUT2D eigenvalue weighted by Gasteiger charge is -2.03. The molecule has 1 aromatic carbocycles. The zero-order chi connectivity index (χ0) is 12.3. The Hall–Kier alpha value is -1.92. The number of benzene rings is 1. The van der Waals surface area contributed by atoms with Crippen molar-refractivity contribution < 1.29 is 10.0 Å². The molecule has 0 spiro atoms. The summed E-state index contributed by atoms with van der Waals surface area (Å²) in [6.45, 7) is 1.93. The number of anilines is 2. The number of nitrogens with one attached hydrogen (secondary N) is 2. The summed E-state index contributed by atoms with van der Waals surface area (Å²) < 4.78 is 0. The van der Waals surface area contributed by atoms with E-state index >= 15 is 0 Å². The fourth-order valence-electron chi connectivity index (χ4n) is 1.30. The van der Waals surface area contributed by atoms with Crippen LogP contribution in [0.25, 0.3) is 0 Å². The van der Waals surface area contributed by atoms with Gasteiger partial charge in [-0.15, -0.1) is 11.3 Å². The summed E-state index contributed by atoms with van der Waals surface area (Å²) in [5.41, 5.74) is 3.79. The zero-order valence-electron chi connectivity index (χ0n) is 9.10. The number of hydroxylamine groups is 1. The molecule has 0 unspecified atom stereocenters. The van der Waals surface area contributed by atoms with Crippen molar-refractivity contribution in [2.24, 2.45) is 0 Å². The second-order valence-electron chi connectivity index (χ2n) is 3.44. The van der Waals surface area contributed by atoms with Gasteiger partial charge in [0, 0.05) is 16.6 Å². The number of aryl methyl sites for hydroxylation is 1. The van der Waals surface area contributed by atoms with Crippen molar-refractivity contribution in [2.75, 3.05) is 5.32 Å². The van der Waals surface area contributed by atoms with Gasteiger partial charge in [0.1, 0.15) is 0 Å². The number of carbonyl (C=O) groups is 1. The molecule has 88 valence electrons. The molecule has 6 heteroatoms. The monoisotopic (exact) mass is 249 g/mol. The number of nitrogens with zero attached hydrogens (tertiary/aromatic N) is 1. The Morgan fingerprint density at radius 1 is 1.35 bits per heavy atom. The molecule has 2 rings (SSSR count). The summed E-state index contributed by atoms with van der Waals surface area (Å²) in [4.78, 5) is 15.4. The summed E-state index contributed by atoms with van der Waals surface area (Å²) in [5.74, 6) is -0.526. The van der Waals surface area contributed by atoms with E-state index in [0.29, 0.717) is 5.56 Å². The van der Waals surface area contributed by atoms with Crippen LogP contribution in [0.2, 0.25) is 0 Å². The molecule has 1 heterocycles. The van der Waals surface area contributed by atoms with Crippen LogP contribution in [0.1, 0.15) is 16.1 Å². The molecule has 0 radical (unpaired) electrons.